The lowest BCUT2D eigenvalue weighted by molar-refractivity contribution is -0.210. The fourth-order valence-corrected chi connectivity index (χ4v) is 6.22. The van der Waals surface area contributed by atoms with Gasteiger partial charge in [-0.25, -0.2) is 4.79 Å². The summed E-state index contributed by atoms with van der Waals surface area (Å²) in [4.78, 5) is 48.2. The van der Waals surface area contributed by atoms with Gasteiger partial charge in [0.15, 0.2) is 6.10 Å². The van der Waals surface area contributed by atoms with Crippen LogP contribution >= 0.6 is 15.9 Å². The number of pyridine rings is 1. The third-order valence-corrected chi connectivity index (χ3v) is 9.59. The van der Waals surface area contributed by atoms with Crippen LogP contribution in [0.4, 0.5) is 13.2 Å². The van der Waals surface area contributed by atoms with E-state index in [4.69, 9.17) is 4.74 Å². The Kier molecular flexibility index (Phi) is 10.2. The number of imidazole rings is 1. The number of aliphatic hydroxyl groups excluding tert-OH is 1. The summed E-state index contributed by atoms with van der Waals surface area (Å²) in [6, 6.07) is 23.4. The fourth-order valence-electron chi connectivity index (χ4n) is 5.97. The number of hydrogen-bond acceptors (Lipinski definition) is 6. The molecule has 0 unspecified atom stereocenters. The highest BCUT2D eigenvalue weighted by Crippen LogP contribution is 2.28. The van der Waals surface area contributed by atoms with Crippen LogP contribution in [0.2, 0.25) is 0 Å². The zero-order valence-corrected chi connectivity index (χ0v) is 29.1. The number of aromatic nitrogens is 3. The topological polar surface area (TPSA) is 119 Å². The highest BCUT2D eigenvalue weighted by atomic mass is 79.9. The smallest absolute Gasteiger partial charge is 0.417 e. The van der Waals surface area contributed by atoms with Crippen LogP contribution in [0.15, 0.2) is 100 Å². The highest BCUT2D eigenvalue weighted by molar-refractivity contribution is 9.10. The molecule has 0 bridgehead atoms. The van der Waals surface area contributed by atoms with Crippen molar-refractivity contribution in [3.63, 3.8) is 0 Å². The number of alkyl halides is 3. The molecule has 0 saturated heterocycles. The molecule has 2 atom stereocenters. The summed E-state index contributed by atoms with van der Waals surface area (Å²) < 4.78 is 47.1. The zero-order chi connectivity index (χ0) is 36.4. The molecule has 1 aliphatic heterocycles. The standard InChI is InChI=1S/C37H33BrF3N5O5/c1-22-17-24(10-15-29(22)38)35(49)44-20-31-33(34(48)43-18-25-7-3-4-8-28(25)30-9-5-6-16-42-30)46(36(50)45(31)19-23(44)2)26-11-13-27(14-12-26)51-21-32(47)37(39,40)41/h3-17,23,32,47H,18-21H2,1-2H3,(H,43,48)/t23-,32-/m0/s1. The van der Waals surface area contributed by atoms with E-state index in [1.54, 1.807) is 35.4 Å². The lowest BCUT2D eigenvalue weighted by Gasteiger charge is -2.34. The number of nitrogens with one attached hydrogen (secondary N) is 1. The van der Waals surface area contributed by atoms with E-state index in [0.29, 0.717) is 11.3 Å². The molecule has 2 N–H and O–H groups in total. The first-order valence-electron chi connectivity index (χ1n) is 16.0. The largest absolute Gasteiger partial charge is 0.491 e. The third-order valence-electron chi connectivity index (χ3n) is 8.70. The lowest BCUT2D eigenvalue weighted by atomic mass is 10.0. The number of nitrogens with zero attached hydrogens (tertiary/aromatic N) is 4. The van der Waals surface area contributed by atoms with Gasteiger partial charge in [-0.05, 0) is 79.6 Å². The Hall–Kier alpha value is -5.21. The Bertz CT molecular complexity index is 2130. The molecule has 0 radical (unpaired) electrons. The van der Waals surface area contributed by atoms with E-state index >= 15 is 0 Å². The van der Waals surface area contributed by atoms with E-state index in [-0.39, 0.29) is 42.7 Å². The number of ether oxygens (including phenoxy) is 1. The van der Waals surface area contributed by atoms with Gasteiger partial charge in [0.05, 0.1) is 23.6 Å². The van der Waals surface area contributed by atoms with Crippen LogP contribution in [0.5, 0.6) is 5.75 Å². The van der Waals surface area contributed by atoms with Crippen molar-refractivity contribution in [1.82, 2.24) is 24.3 Å². The molecule has 0 saturated carbocycles. The van der Waals surface area contributed by atoms with Gasteiger partial charge in [0.2, 0.25) is 0 Å². The van der Waals surface area contributed by atoms with Crippen LogP contribution in [0, 0.1) is 6.92 Å². The zero-order valence-electron chi connectivity index (χ0n) is 27.5. The number of carbonyl (C=O) groups is 2. The first-order valence-corrected chi connectivity index (χ1v) is 16.8. The van der Waals surface area contributed by atoms with Crippen molar-refractivity contribution in [2.24, 2.45) is 0 Å². The van der Waals surface area contributed by atoms with Crippen LogP contribution in [0.1, 0.15) is 44.6 Å². The van der Waals surface area contributed by atoms with Crippen molar-refractivity contribution in [2.45, 2.75) is 51.8 Å². The van der Waals surface area contributed by atoms with Crippen LogP contribution in [0.25, 0.3) is 16.9 Å². The molecular weight excluding hydrogens is 731 g/mol. The number of hydrogen-bond donors (Lipinski definition) is 2. The maximum absolute atomic E-state index is 14.2. The second-order valence-corrected chi connectivity index (χ2v) is 13.0. The molecule has 14 heteroatoms. The number of carbonyl (C=O) groups excluding carboxylic acids is 2. The predicted octanol–water partition coefficient (Wildman–Crippen LogP) is 6.05. The Morgan fingerprint density at radius 1 is 1.06 bits per heavy atom. The molecule has 6 rings (SSSR count). The van der Waals surface area contributed by atoms with Gasteiger partial charge < -0.3 is 20.1 Å². The summed E-state index contributed by atoms with van der Waals surface area (Å²) >= 11 is 3.46. The average Bonchev–Trinajstić information content (AvgIpc) is 3.41. The van der Waals surface area contributed by atoms with E-state index in [9.17, 15) is 32.7 Å². The molecule has 3 heterocycles. The maximum atomic E-state index is 14.2. The highest BCUT2D eigenvalue weighted by Gasteiger charge is 2.39. The number of halogens is 4. The summed E-state index contributed by atoms with van der Waals surface area (Å²) in [5.41, 5.74) is 3.71. The van der Waals surface area contributed by atoms with Gasteiger partial charge in [0, 0.05) is 40.9 Å². The second kappa shape index (κ2) is 14.6. The van der Waals surface area contributed by atoms with Crippen molar-refractivity contribution in [1.29, 1.82) is 0 Å². The summed E-state index contributed by atoms with van der Waals surface area (Å²) in [7, 11) is 0. The average molecular weight is 765 g/mol. The van der Waals surface area contributed by atoms with Gasteiger partial charge in [-0.15, -0.1) is 0 Å². The van der Waals surface area contributed by atoms with E-state index in [0.717, 1.165) is 26.9 Å². The Morgan fingerprint density at radius 2 is 1.78 bits per heavy atom. The van der Waals surface area contributed by atoms with Gasteiger partial charge >= 0.3 is 11.9 Å². The molecule has 10 nitrogen and oxygen atoms in total. The minimum absolute atomic E-state index is 0.00756. The SMILES string of the molecule is Cc1cc(C(=O)N2Cc3c(C(=O)NCc4ccccc4-c4ccccn4)n(-c4ccc(OC[C@H](O)C(F)(F)F)cc4)c(=O)n3C[C@@H]2C)ccc1Br. The number of fused-ring (bicyclic) bond motifs is 1. The maximum Gasteiger partial charge on any atom is 0.417 e. The molecule has 51 heavy (non-hydrogen) atoms. The molecule has 5 aromatic rings. The molecule has 2 amide bonds. The van der Waals surface area contributed by atoms with Gasteiger partial charge in [0.25, 0.3) is 11.8 Å². The molecule has 3 aromatic carbocycles. The summed E-state index contributed by atoms with van der Waals surface area (Å²) in [5, 5.41) is 12.3. The van der Waals surface area contributed by atoms with Crippen LogP contribution in [0.3, 0.4) is 0 Å². The summed E-state index contributed by atoms with van der Waals surface area (Å²) in [6.45, 7) is 2.85. The van der Waals surface area contributed by atoms with Crippen molar-refractivity contribution < 1.29 is 32.6 Å². The predicted molar refractivity (Wildman–Crippen MR) is 187 cm³/mol. The first-order chi connectivity index (χ1) is 24.3. The minimum atomic E-state index is -4.85. The van der Waals surface area contributed by atoms with Crippen molar-refractivity contribution in [3.8, 4) is 22.7 Å². The number of amides is 2. The van der Waals surface area contributed by atoms with Gasteiger partial charge in [-0.1, -0.05) is 46.3 Å². The third kappa shape index (κ3) is 7.47. The van der Waals surface area contributed by atoms with Crippen molar-refractivity contribution in [2.75, 3.05) is 6.61 Å². The Labute approximate surface area is 299 Å². The van der Waals surface area contributed by atoms with Crippen molar-refractivity contribution >= 4 is 27.7 Å². The number of rotatable bonds is 9. The molecule has 2 aromatic heterocycles. The van der Waals surface area contributed by atoms with Gasteiger partial charge in [-0.3, -0.25) is 23.7 Å². The van der Waals surface area contributed by atoms with E-state index in [2.05, 4.69) is 26.2 Å². The molecular formula is C37H33BrF3N5O5. The van der Waals surface area contributed by atoms with E-state index in [1.807, 2.05) is 50.2 Å². The van der Waals surface area contributed by atoms with Crippen LogP contribution < -0.4 is 15.7 Å². The van der Waals surface area contributed by atoms with Gasteiger partial charge in [-0.2, -0.15) is 13.2 Å². The minimum Gasteiger partial charge on any atom is -0.491 e. The summed E-state index contributed by atoms with van der Waals surface area (Å²) in [5.74, 6) is -0.819. The first kappa shape index (κ1) is 35.6. The van der Waals surface area contributed by atoms with Gasteiger partial charge in [0.1, 0.15) is 18.1 Å². The molecule has 0 aliphatic carbocycles. The lowest BCUT2D eigenvalue weighted by Crippen LogP contribution is -2.47. The number of aliphatic hydroxyl groups is 1. The quantitative estimate of drug-likeness (QED) is 0.189. The van der Waals surface area contributed by atoms with Crippen molar-refractivity contribution in [3.05, 3.63) is 134 Å². The molecule has 264 valence electrons. The normalized spacial score (nSPS) is 14.9. The molecule has 0 spiro atoms. The Morgan fingerprint density at radius 3 is 2.47 bits per heavy atom. The second-order valence-electron chi connectivity index (χ2n) is 12.2. The number of benzene rings is 3. The van der Waals surface area contributed by atoms with E-state index in [1.165, 1.54) is 33.4 Å². The fraction of sp³-hybridized carbons (Fsp3) is 0.243. The number of aryl methyl sites for hydroxylation is 1. The molecule has 0 fully saturated rings. The van der Waals surface area contributed by atoms with E-state index < -0.39 is 36.5 Å². The van der Waals surface area contributed by atoms with Crippen LogP contribution in [-0.2, 0) is 19.6 Å². The summed E-state index contributed by atoms with van der Waals surface area (Å²) in [6.07, 6.45) is -5.85. The molecule has 1 aliphatic rings. The Balaban J connectivity index is 1.36. The van der Waals surface area contributed by atoms with Crippen LogP contribution in [-0.4, -0.2) is 60.9 Å². The monoisotopic (exact) mass is 763 g/mol.